The van der Waals surface area contributed by atoms with Crippen LogP contribution in [0.2, 0.25) is 0 Å². The molecule has 0 radical (unpaired) electrons. The third kappa shape index (κ3) is 4.57. The van der Waals surface area contributed by atoms with Gasteiger partial charge < -0.3 is 10.2 Å². The number of piperidine rings is 1. The lowest BCUT2D eigenvalue weighted by Crippen LogP contribution is -2.42. The van der Waals surface area contributed by atoms with Crippen molar-refractivity contribution in [2.24, 2.45) is 13.0 Å². The Morgan fingerprint density at radius 1 is 1.48 bits per heavy atom. The average Bonchev–Trinajstić information content (AvgIpc) is 2.81. The number of aromatic nitrogens is 4. The molecule has 1 amide bonds. The van der Waals surface area contributed by atoms with Crippen LogP contribution in [0.5, 0.6) is 0 Å². The van der Waals surface area contributed by atoms with Gasteiger partial charge in [0.05, 0.1) is 0 Å². The number of halogens is 3. The largest absolute Gasteiger partial charge is 0.397 e. The zero-order valence-electron chi connectivity index (χ0n) is 11.6. The lowest BCUT2D eigenvalue weighted by atomic mass is 9.98. The number of rotatable bonds is 4. The van der Waals surface area contributed by atoms with Gasteiger partial charge in [-0.3, -0.25) is 4.79 Å². The van der Waals surface area contributed by atoms with Gasteiger partial charge in [-0.05, 0) is 29.2 Å². The maximum atomic E-state index is 12.1. The minimum Gasteiger partial charge on any atom is -0.355 e. The summed E-state index contributed by atoms with van der Waals surface area (Å²) in [6, 6.07) is 0. The molecule has 2 heterocycles. The number of nitrogens with one attached hydrogen (secondary N) is 1. The van der Waals surface area contributed by atoms with Crippen LogP contribution in [-0.4, -0.2) is 51.9 Å². The Balaban J connectivity index is 1.82. The molecule has 10 heteroatoms. The van der Waals surface area contributed by atoms with Crippen molar-refractivity contribution in [1.29, 1.82) is 0 Å². The van der Waals surface area contributed by atoms with Crippen molar-refractivity contribution < 1.29 is 18.0 Å². The zero-order chi connectivity index (χ0) is 15.5. The van der Waals surface area contributed by atoms with Gasteiger partial charge in [0.15, 0.2) is 0 Å². The predicted octanol–water partition coefficient (Wildman–Crippen LogP) is 0.495. The van der Waals surface area contributed by atoms with Gasteiger partial charge >= 0.3 is 6.18 Å². The summed E-state index contributed by atoms with van der Waals surface area (Å²) >= 11 is 0. The minimum absolute atomic E-state index is 0.0904. The van der Waals surface area contributed by atoms with Crippen molar-refractivity contribution in [2.45, 2.75) is 25.4 Å². The molecular formula is C11H17F3N6O. The van der Waals surface area contributed by atoms with E-state index < -0.39 is 18.5 Å². The molecule has 1 aliphatic rings. The molecule has 0 spiro atoms. The van der Waals surface area contributed by atoms with Crippen LogP contribution in [0.3, 0.4) is 0 Å². The van der Waals surface area contributed by atoms with Gasteiger partial charge in [-0.1, -0.05) is 5.10 Å². The number of carbonyl (C=O) groups excluding carboxylic acids is 1. The second-order valence-corrected chi connectivity index (χ2v) is 5.15. The molecule has 118 valence electrons. The molecule has 1 aromatic rings. The molecule has 1 aromatic heterocycles. The second kappa shape index (κ2) is 6.27. The van der Waals surface area contributed by atoms with Crippen LogP contribution in [0, 0.1) is 5.92 Å². The first kappa shape index (κ1) is 15.5. The number of carbonyl (C=O) groups is 1. The van der Waals surface area contributed by atoms with E-state index in [-0.39, 0.29) is 12.5 Å². The van der Waals surface area contributed by atoms with Crippen LogP contribution in [0.15, 0.2) is 0 Å². The van der Waals surface area contributed by atoms with Crippen LogP contribution < -0.4 is 10.2 Å². The molecule has 0 aromatic carbocycles. The van der Waals surface area contributed by atoms with Crippen LogP contribution in [0.25, 0.3) is 0 Å². The normalized spacial score (nSPS) is 19.6. The lowest BCUT2D eigenvalue weighted by Gasteiger charge is -2.32. The highest BCUT2D eigenvalue weighted by Crippen LogP contribution is 2.21. The first-order chi connectivity index (χ1) is 9.85. The maximum absolute atomic E-state index is 12.1. The van der Waals surface area contributed by atoms with Gasteiger partial charge in [0.25, 0.3) is 0 Å². The predicted molar refractivity (Wildman–Crippen MR) is 67.4 cm³/mol. The number of hydrogen-bond donors (Lipinski definition) is 1. The van der Waals surface area contributed by atoms with E-state index in [1.807, 2.05) is 4.90 Å². The molecule has 1 fully saturated rings. The highest BCUT2D eigenvalue weighted by molar-refractivity contribution is 5.76. The SMILES string of the molecule is Cn1nnnc1N1CCCC(CNC(=O)CC(F)(F)F)C1. The number of nitrogens with zero attached hydrogens (tertiary/aromatic N) is 5. The maximum Gasteiger partial charge on any atom is 0.397 e. The highest BCUT2D eigenvalue weighted by Gasteiger charge is 2.31. The van der Waals surface area contributed by atoms with E-state index in [0.29, 0.717) is 12.5 Å². The van der Waals surface area contributed by atoms with Gasteiger partial charge in [-0.25, -0.2) is 4.68 Å². The Morgan fingerprint density at radius 3 is 2.86 bits per heavy atom. The van der Waals surface area contributed by atoms with Gasteiger partial charge in [0, 0.05) is 26.7 Å². The fourth-order valence-corrected chi connectivity index (χ4v) is 2.41. The molecule has 1 unspecified atom stereocenters. The third-order valence-corrected chi connectivity index (χ3v) is 3.35. The summed E-state index contributed by atoms with van der Waals surface area (Å²) in [7, 11) is 1.73. The van der Waals surface area contributed by atoms with E-state index in [1.54, 1.807) is 11.7 Å². The second-order valence-electron chi connectivity index (χ2n) is 5.15. The first-order valence-corrected chi connectivity index (χ1v) is 6.66. The summed E-state index contributed by atoms with van der Waals surface area (Å²) in [5.74, 6) is -0.270. The van der Waals surface area contributed by atoms with Crippen molar-refractivity contribution in [2.75, 3.05) is 24.5 Å². The van der Waals surface area contributed by atoms with Crippen molar-refractivity contribution in [3.63, 3.8) is 0 Å². The molecule has 1 saturated heterocycles. The van der Waals surface area contributed by atoms with Crippen LogP contribution in [0.1, 0.15) is 19.3 Å². The van der Waals surface area contributed by atoms with Gasteiger partial charge in [0.1, 0.15) is 6.42 Å². The number of hydrogen-bond acceptors (Lipinski definition) is 5. The fourth-order valence-electron chi connectivity index (χ4n) is 2.41. The van der Waals surface area contributed by atoms with Gasteiger partial charge in [-0.2, -0.15) is 13.2 Å². The summed E-state index contributed by atoms with van der Waals surface area (Å²) in [5.41, 5.74) is 0. The van der Waals surface area contributed by atoms with E-state index in [9.17, 15) is 18.0 Å². The number of tetrazole rings is 1. The highest BCUT2D eigenvalue weighted by atomic mass is 19.4. The number of amides is 1. The van der Waals surface area contributed by atoms with Gasteiger partial charge in [-0.15, -0.1) is 0 Å². The molecule has 7 nitrogen and oxygen atoms in total. The third-order valence-electron chi connectivity index (χ3n) is 3.35. The monoisotopic (exact) mass is 306 g/mol. The number of anilines is 1. The van der Waals surface area contributed by atoms with Crippen LogP contribution in [0.4, 0.5) is 19.1 Å². The summed E-state index contributed by atoms with van der Waals surface area (Å²) in [4.78, 5) is 13.2. The van der Waals surface area contributed by atoms with Crippen molar-refractivity contribution in [1.82, 2.24) is 25.5 Å². The topological polar surface area (TPSA) is 75.9 Å². The summed E-state index contributed by atoms with van der Waals surface area (Å²) < 4.78 is 37.8. The van der Waals surface area contributed by atoms with Crippen LogP contribution in [-0.2, 0) is 11.8 Å². The Labute approximate surface area is 119 Å². The Morgan fingerprint density at radius 2 is 2.24 bits per heavy atom. The molecule has 0 saturated carbocycles. The Kier molecular flexibility index (Phi) is 4.63. The Bertz CT molecular complexity index is 489. The molecule has 1 aliphatic heterocycles. The minimum atomic E-state index is -4.47. The first-order valence-electron chi connectivity index (χ1n) is 6.66. The van der Waals surface area contributed by atoms with Crippen LogP contribution >= 0.6 is 0 Å². The molecular weight excluding hydrogens is 289 g/mol. The average molecular weight is 306 g/mol. The van der Waals surface area contributed by atoms with E-state index in [4.69, 9.17) is 0 Å². The zero-order valence-corrected chi connectivity index (χ0v) is 11.6. The molecule has 1 N–H and O–H groups in total. The van der Waals surface area contributed by atoms with E-state index in [1.165, 1.54) is 0 Å². The van der Waals surface area contributed by atoms with E-state index in [0.717, 1.165) is 19.4 Å². The molecule has 0 aliphatic carbocycles. The van der Waals surface area contributed by atoms with Crippen molar-refractivity contribution >= 4 is 11.9 Å². The fraction of sp³-hybridized carbons (Fsp3) is 0.818. The number of alkyl halides is 3. The van der Waals surface area contributed by atoms with Crippen molar-refractivity contribution in [3.05, 3.63) is 0 Å². The number of aryl methyl sites for hydroxylation is 1. The summed E-state index contributed by atoms with van der Waals surface area (Å²) in [6.07, 6.45) is -4.16. The lowest BCUT2D eigenvalue weighted by molar-refractivity contribution is -0.153. The molecule has 1 atom stereocenters. The molecule has 21 heavy (non-hydrogen) atoms. The summed E-state index contributed by atoms with van der Waals surface area (Å²) in [6.45, 7) is 1.64. The standard InChI is InChI=1S/C11H17F3N6O/c1-19-10(16-17-18-19)20-4-2-3-8(7-20)6-15-9(21)5-11(12,13)14/h8H,2-7H2,1H3,(H,15,21). The molecule has 0 bridgehead atoms. The van der Waals surface area contributed by atoms with E-state index in [2.05, 4.69) is 20.8 Å². The van der Waals surface area contributed by atoms with E-state index >= 15 is 0 Å². The summed E-state index contributed by atoms with van der Waals surface area (Å²) in [5, 5.41) is 13.6. The molecule has 2 rings (SSSR count). The smallest absolute Gasteiger partial charge is 0.355 e. The van der Waals surface area contributed by atoms with Crippen molar-refractivity contribution in [3.8, 4) is 0 Å². The quantitative estimate of drug-likeness (QED) is 0.876. The Hall–Kier alpha value is -1.87. The van der Waals surface area contributed by atoms with Gasteiger partial charge in [0.2, 0.25) is 11.9 Å².